The number of benzene rings is 1. The molecule has 0 unspecified atom stereocenters. The van der Waals surface area contributed by atoms with Gasteiger partial charge in [0.1, 0.15) is 0 Å². The zero-order valence-electron chi connectivity index (χ0n) is 9.81. The van der Waals surface area contributed by atoms with Crippen LogP contribution in [-0.2, 0) is 6.54 Å². The van der Waals surface area contributed by atoms with Crippen molar-refractivity contribution >= 4 is 23.2 Å². The summed E-state index contributed by atoms with van der Waals surface area (Å²) in [5.41, 5.74) is 2.74. The summed E-state index contributed by atoms with van der Waals surface area (Å²) in [7, 11) is 0. The lowest BCUT2D eigenvalue weighted by atomic mass is 10.1. The summed E-state index contributed by atoms with van der Waals surface area (Å²) in [5.74, 6) is 0. The fourth-order valence-electron chi connectivity index (χ4n) is 2.16. The summed E-state index contributed by atoms with van der Waals surface area (Å²) in [6, 6.07) is 5.67. The average molecular weight is 270 g/mol. The van der Waals surface area contributed by atoms with Gasteiger partial charge in [-0.2, -0.15) is 0 Å². The molecule has 1 nitrogen and oxygen atoms in total. The van der Waals surface area contributed by atoms with Gasteiger partial charge < -0.3 is 5.32 Å². The zero-order chi connectivity index (χ0) is 12.1. The standard InChI is InChI=1S/C14H17Cl2N/c15-13-7-12(8-14(16)9-13)10-17-6-5-11-3-1-2-4-11/h3,7-9,17H,1-2,4-6,10H2. The fraction of sp³-hybridized carbons (Fsp3) is 0.429. The molecule has 1 aliphatic carbocycles. The maximum Gasteiger partial charge on any atom is 0.0424 e. The second kappa shape index (κ2) is 6.44. The van der Waals surface area contributed by atoms with E-state index in [0.717, 1.165) is 25.1 Å². The van der Waals surface area contributed by atoms with Crippen molar-refractivity contribution in [2.24, 2.45) is 0 Å². The first-order valence-corrected chi connectivity index (χ1v) is 6.83. The summed E-state index contributed by atoms with van der Waals surface area (Å²) in [6.45, 7) is 1.85. The predicted molar refractivity (Wildman–Crippen MR) is 74.7 cm³/mol. The first kappa shape index (κ1) is 12.9. The van der Waals surface area contributed by atoms with Gasteiger partial charge in [0.05, 0.1) is 0 Å². The van der Waals surface area contributed by atoms with Gasteiger partial charge >= 0.3 is 0 Å². The van der Waals surface area contributed by atoms with Crippen LogP contribution in [0.4, 0.5) is 0 Å². The highest BCUT2D eigenvalue weighted by Gasteiger charge is 2.03. The van der Waals surface area contributed by atoms with Gasteiger partial charge in [-0.05, 0) is 56.0 Å². The lowest BCUT2D eigenvalue weighted by Gasteiger charge is -2.06. The SMILES string of the molecule is Clc1cc(Cl)cc(CNCCC2=CCCC2)c1. The normalized spacial score (nSPS) is 15.1. The molecule has 0 saturated carbocycles. The number of nitrogens with one attached hydrogen (secondary N) is 1. The van der Waals surface area contributed by atoms with Crippen LogP contribution < -0.4 is 5.32 Å². The maximum absolute atomic E-state index is 5.95. The van der Waals surface area contributed by atoms with Crippen molar-refractivity contribution in [3.05, 3.63) is 45.5 Å². The molecule has 0 aliphatic heterocycles. The Balaban J connectivity index is 1.74. The maximum atomic E-state index is 5.95. The minimum Gasteiger partial charge on any atom is -0.312 e. The molecule has 2 rings (SSSR count). The van der Waals surface area contributed by atoms with E-state index in [2.05, 4.69) is 11.4 Å². The predicted octanol–water partition coefficient (Wildman–Crippen LogP) is 4.58. The Morgan fingerprint density at radius 2 is 1.88 bits per heavy atom. The van der Waals surface area contributed by atoms with E-state index < -0.39 is 0 Å². The van der Waals surface area contributed by atoms with Crippen molar-refractivity contribution < 1.29 is 0 Å². The molecule has 0 atom stereocenters. The number of hydrogen-bond acceptors (Lipinski definition) is 1. The molecule has 1 aromatic rings. The quantitative estimate of drug-likeness (QED) is 0.609. The van der Waals surface area contributed by atoms with Crippen LogP contribution >= 0.6 is 23.2 Å². The van der Waals surface area contributed by atoms with Crippen molar-refractivity contribution in [1.29, 1.82) is 0 Å². The van der Waals surface area contributed by atoms with E-state index in [9.17, 15) is 0 Å². The molecule has 0 amide bonds. The molecule has 92 valence electrons. The Labute approximate surface area is 113 Å². The summed E-state index contributed by atoms with van der Waals surface area (Å²) in [6.07, 6.45) is 7.41. The Bertz CT molecular complexity index is 392. The molecule has 0 fully saturated rings. The van der Waals surface area contributed by atoms with Gasteiger partial charge in [-0.1, -0.05) is 34.9 Å². The van der Waals surface area contributed by atoms with E-state index >= 15 is 0 Å². The Hall–Kier alpha value is -0.500. The third-order valence-electron chi connectivity index (χ3n) is 3.01. The van der Waals surface area contributed by atoms with Crippen molar-refractivity contribution in [3.63, 3.8) is 0 Å². The van der Waals surface area contributed by atoms with Crippen LogP contribution in [0.2, 0.25) is 10.0 Å². The largest absolute Gasteiger partial charge is 0.312 e. The first-order valence-electron chi connectivity index (χ1n) is 6.07. The molecule has 0 aromatic heterocycles. The smallest absolute Gasteiger partial charge is 0.0424 e. The summed E-state index contributed by atoms with van der Waals surface area (Å²) < 4.78 is 0. The summed E-state index contributed by atoms with van der Waals surface area (Å²) in [5, 5.41) is 4.83. The van der Waals surface area contributed by atoms with Gasteiger partial charge in [0.2, 0.25) is 0 Å². The summed E-state index contributed by atoms with van der Waals surface area (Å²) in [4.78, 5) is 0. The van der Waals surface area contributed by atoms with Gasteiger partial charge in [0, 0.05) is 16.6 Å². The van der Waals surface area contributed by atoms with Gasteiger partial charge in [-0.15, -0.1) is 0 Å². The second-order valence-electron chi connectivity index (χ2n) is 4.46. The molecule has 3 heteroatoms. The van der Waals surface area contributed by atoms with Crippen LogP contribution in [0.25, 0.3) is 0 Å². The van der Waals surface area contributed by atoms with Crippen molar-refractivity contribution in [1.82, 2.24) is 5.32 Å². The molecule has 17 heavy (non-hydrogen) atoms. The average Bonchev–Trinajstić information content (AvgIpc) is 2.76. The van der Waals surface area contributed by atoms with E-state index in [1.807, 2.05) is 12.1 Å². The van der Waals surface area contributed by atoms with Crippen molar-refractivity contribution in [2.75, 3.05) is 6.54 Å². The van der Waals surface area contributed by atoms with E-state index in [1.54, 1.807) is 11.6 Å². The van der Waals surface area contributed by atoms with E-state index in [-0.39, 0.29) is 0 Å². The monoisotopic (exact) mass is 269 g/mol. The van der Waals surface area contributed by atoms with Crippen LogP contribution in [-0.4, -0.2) is 6.54 Å². The van der Waals surface area contributed by atoms with Gasteiger partial charge in [0.25, 0.3) is 0 Å². The molecule has 0 spiro atoms. The highest BCUT2D eigenvalue weighted by atomic mass is 35.5. The van der Waals surface area contributed by atoms with Crippen LogP contribution in [0.15, 0.2) is 29.8 Å². The molecular formula is C14H17Cl2N. The van der Waals surface area contributed by atoms with Gasteiger partial charge in [0.15, 0.2) is 0 Å². The highest BCUT2D eigenvalue weighted by Crippen LogP contribution is 2.20. The zero-order valence-corrected chi connectivity index (χ0v) is 11.3. The molecule has 0 radical (unpaired) electrons. The Kier molecular flexibility index (Phi) is 4.90. The van der Waals surface area contributed by atoms with E-state index in [0.29, 0.717) is 10.0 Å². The van der Waals surface area contributed by atoms with E-state index in [1.165, 1.54) is 19.3 Å². The van der Waals surface area contributed by atoms with Crippen molar-refractivity contribution in [3.8, 4) is 0 Å². The van der Waals surface area contributed by atoms with Crippen LogP contribution in [0.5, 0.6) is 0 Å². The highest BCUT2D eigenvalue weighted by molar-refractivity contribution is 6.34. The molecule has 0 saturated heterocycles. The molecule has 1 aliphatic rings. The number of halogens is 2. The van der Waals surface area contributed by atoms with Crippen LogP contribution in [0, 0.1) is 0 Å². The molecule has 1 aromatic carbocycles. The van der Waals surface area contributed by atoms with Gasteiger partial charge in [-0.25, -0.2) is 0 Å². The fourth-order valence-corrected chi connectivity index (χ4v) is 2.73. The Morgan fingerprint density at radius 3 is 2.53 bits per heavy atom. The number of hydrogen-bond donors (Lipinski definition) is 1. The summed E-state index contributed by atoms with van der Waals surface area (Å²) >= 11 is 11.9. The minimum absolute atomic E-state index is 0.702. The minimum atomic E-state index is 0.702. The molecule has 0 bridgehead atoms. The van der Waals surface area contributed by atoms with Crippen LogP contribution in [0.3, 0.4) is 0 Å². The third kappa shape index (κ3) is 4.34. The lowest BCUT2D eigenvalue weighted by Crippen LogP contribution is -2.15. The van der Waals surface area contributed by atoms with Crippen molar-refractivity contribution in [2.45, 2.75) is 32.2 Å². The lowest BCUT2D eigenvalue weighted by molar-refractivity contribution is 0.676. The molecular weight excluding hydrogens is 253 g/mol. The topological polar surface area (TPSA) is 12.0 Å². The van der Waals surface area contributed by atoms with E-state index in [4.69, 9.17) is 23.2 Å². The number of allylic oxidation sites excluding steroid dienone is 1. The molecule has 0 heterocycles. The third-order valence-corrected chi connectivity index (χ3v) is 3.45. The Morgan fingerprint density at radius 1 is 1.12 bits per heavy atom. The first-order chi connectivity index (χ1) is 8.24. The van der Waals surface area contributed by atoms with Gasteiger partial charge in [-0.3, -0.25) is 0 Å². The number of rotatable bonds is 5. The second-order valence-corrected chi connectivity index (χ2v) is 5.33. The van der Waals surface area contributed by atoms with Crippen LogP contribution in [0.1, 0.15) is 31.2 Å². The molecule has 1 N–H and O–H groups in total.